The number of Topliss-reactive ketones (excluding diaryl/α,β-unsaturated/α-hetero) is 1. The quantitative estimate of drug-likeness (QED) is 0.533. The van der Waals surface area contributed by atoms with E-state index in [-0.39, 0.29) is 22.8 Å². The van der Waals surface area contributed by atoms with Crippen molar-refractivity contribution < 1.29 is 13.9 Å². The molecule has 0 spiro atoms. The van der Waals surface area contributed by atoms with Crippen LogP contribution in [0.5, 0.6) is 5.75 Å². The van der Waals surface area contributed by atoms with Crippen LogP contribution in [0.3, 0.4) is 0 Å². The Kier molecular flexibility index (Phi) is 2.82. The molecule has 3 nitrogen and oxygen atoms in total. The van der Waals surface area contributed by atoms with Crippen LogP contribution < -0.4 is 4.74 Å². The van der Waals surface area contributed by atoms with Crippen LogP contribution in [0.1, 0.15) is 17.3 Å². The maximum atomic E-state index is 13.1. The van der Waals surface area contributed by atoms with Crippen molar-refractivity contribution in [2.24, 2.45) is 0 Å². The molecular formula is C10H8FNO2. The lowest BCUT2D eigenvalue weighted by Crippen LogP contribution is -1.96. The van der Waals surface area contributed by atoms with Crippen molar-refractivity contribution in [3.63, 3.8) is 0 Å². The number of methoxy groups -OCH3 is 1. The van der Waals surface area contributed by atoms with Crippen LogP contribution in [0.2, 0.25) is 0 Å². The van der Waals surface area contributed by atoms with Crippen molar-refractivity contribution >= 4 is 11.5 Å². The summed E-state index contributed by atoms with van der Waals surface area (Å²) in [6.45, 7) is 8.10. The number of ether oxygens (including phenoxy) is 1. The topological polar surface area (TPSA) is 30.7 Å². The zero-order valence-corrected chi connectivity index (χ0v) is 7.80. The second-order valence-electron chi connectivity index (χ2n) is 2.67. The van der Waals surface area contributed by atoms with Gasteiger partial charge in [0.2, 0.25) is 5.69 Å². The molecule has 0 aliphatic carbocycles. The van der Waals surface area contributed by atoms with Crippen LogP contribution in [-0.4, -0.2) is 12.9 Å². The third kappa shape index (κ3) is 1.72. The molecule has 0 atom stereocenters. The van der Waals surface area contributed by atoms with Crippen LogP contribution in [-0.2, 0) is 0 Å². The summed E-state index contributed by atoms with van der Waals surface area (Å²) in [6.07, 6.45) is 0. The number of halogens is 1. The van der Waals surface area contributed by atoms with Crippen molar-refractivity contribution in [2.75, 3.05) is 7.11 Å². The Morgan fingerprint density at radius 2 is 2.21 bits per heavy atom. The lowest BCUT2D eigenvalue weighted by Gasteiger charge is -2.05. The molecule has 0 aliphatic rings. The van der Waals surface area contributed by atoms with Crippen LogP contribution in [0.4, 0.5) is 10.1 Å². The molecule has 72 valence electrons. The van der Waals surface area contributed by atoms with E-state index >= 15 is 0 Å². The smallest absolute Gasteiger partial charge is 0.201 e. The predicted octanol–water partition coefficient (Wildman–Crippen LogP) is 2.59. The summed E-state index contributed by atoms with van der Waals surface area (Å²) in [5.74, 6) is -0.997. The second kappa shape index (κ2) is 3.88. The van der Waals surface area contributed by atoms with E-state index in [9.17, 15) is 9.18 Å². The Hall–Kier alpha value is -1.89. The molecule has 0 aliphatic heterocycles. The van der Waals surface area contributed by atoms with Crippen LogP contribution in [0.25, 0.3) is 4.85 Å². The van der Waals surface area contributed by atoms with Gasteiger partial charge < -0.3 is 4.74 Å². The minimum absolute atomic E-state index is 0.0269. The predicted molar refractivity (Wildman–Crippen MR) is 49.2 cm³/mol. The van der Waals surface area contributed by atoms with Gasteiger partial charge in [-0.15, -0.1) is 0 Å². The summed E-state index contributed by atoms with van der Waals surface area (Å²) in [5.41, 5.74) is 0.189. The minimum atomic E-state index is -0.634. The van der Waals surface area contributed by atoms with Crippen molar-refractivity contribution in [1.29, 1.82) is 0 Å². The molecule has 1 aromatic rings. The van der Waals surface area contributed by atoms with Gasteiger partial charge in [-0.3, -0.25) is 4.79 Å². The number of carbonyl (C=O) groups is 1. The second-order valence-corrected chi connectivity index (χ2v) is 2.67. The van der Waals surface area contributed by atoms with E-state index in [2.05, 4.69) is 4.85 Å². The van der Waals surface area contributed by atoms with Gasteiger partial charge >= 0.3 is 0 Å². The largest absolute Gasteiger partial charge is 0.495 e. The highest BCUT2D eigenvalue weighted by Gasteiger charge is 2.12. The highest BCUT2D eigenvalue weighted by atomic mass is 19.1. The molecule has 14 heavy (non-hydrogen) atoms. The van der Waals surface area contributed by atoms with Gasteiger partial charge in [0.15, 0.2) is 5.82 Å². The summed E-state index contributed by atoms with van der Waals surface area (Å²) < 4.78 is 17.8. The van der Waals surface area contributed by atoms with Gasteiger partial charge in [0.05, 0.1) is 13.7 Å². The molecule has 0 fully saturated rings. The van der Waals surface area contributed by atoms with Gasteiger partial charge in [-0.2, -0.15) is 0 Å². The third-order valence-electron chi connectivity index (χ3n) is 1.77. The van der Waals surface area contributed by atoms with Gasteiger partial charge in [0, 0.05) is 5.56 Å². The molecule has 0 saturated heterocycles. The maximum absolute atomic E-state index is 13.1. The monoisotopic (exact) mass is 193 g/mol. The third-order valence-corrected chi connectivity index (χ3v) is 1.77. The van der Waals surface area contributed by atoms with E-state index in [0.29, 0.717) is 0 Å². The molecule has 0 radical (unpaired) electrons. The standard InChI is InChI=1S/C10H8FNO2/c1-6(13)7-4-8(11)10(14-3)5-9(7)12-2/h4-5H,1,3H3. The summed E-state index contributed by atoms with van der Waals surface area (Å²) in [5, 5.41) is 0. The first kappa shape index (κ1) is 10.2. The number of ketones is 1. The average molecular weight is 193 g/mol. The van der Waals surface area contributed by atoms with E-state index in [1.807, 2.05) is 0 Å². The van der Waals surface area contributed by atoms with Crippen molar-refractivity contribution in [3.05, 3.63) is 34.9 Å². The zero-order valence-electron chi connectivity index (χ0n) is 7.80. The van der Waals surface area contributed by atoms with E-state index < -0.39 is 5.82 Å². The molecule has 0 heterocycles. The first-order valence-corrected chi connectivity index (χ1v) is 3.86. The number of hydrogen-bond acceptors (Lipinski definition) is 2. The Morgan fingerprint density at radius 3 is 2.64 bits per heavy atom. The number of benzene rings is 1. The first-order valence-electron chi connectivity index (χ1n) is 3.86. The van der Waals surface area contributed by atoms with Gasteiger partial charge in [0.25, 0.3) is 0 Å². The molecule has 0 amide bonds. The molecule has 0 bridgehead atoms. The van der Waals surface area contributed by atoms with Crippen LogP contribution in [0, 0.1) is 12.4 Å². The van der Waals surface area contributed by atoms with Gasteiger partial charge in [-0.05, 0) is 19.1 Å². The van der Waals surface area contributed by atoms with Crippen LogP contribution in [0.15, 0.2) is 12.1 Å². The Balaban J connectivity index is 3.41. The Bertz CT molecular complexity index is 421. The Labute approximate surface area is 80.9 Å². The summed E-state index contributed by atoms with van der Waals surface area (Å²) >= 11 is 0. The fraction of sp³-hybridized carbons (Fsp3) is 0.200. The van der Waals surface area contributed by atoms with E-state index in [4.69, 9.17) is 11.3 Å². The lowest BCUT2D eigenvalue weighted by atomic mass is 10.1. The van der Waals surface area contributed by atoms with Gasteiger partial charge in [-0.25, -0.2) is 9.24 Å². The maximum Gasteiger partial charge on any atom is 0.201 e. The normalized spacial score (nSPS) is 9.29. The molecule has 0 unspecified atom stereocenters. The molecule has 1 aromatic carbocycles. The van der Waals surface area contributed by atoms with Crippen molar-refractivity contribution in [3.8, 4) is 5.75 Å². The number of hydrogen-bond donors (Lipinski definition) is 0. The van der Waals surface area contributed by atoms with E-state index in [1.54, 1.807) is 0 Å². The highest BCUT2D eigenvalue weighted by Crippen LogP contribution is 2.28. The highest BCUT2D eigenvalue weighted by molar-refractivity contribution is 6.00. The average Bonchev–Trinajstić information content (AvgIpc) is 2.17. The molecule has 0 N–H and O–H groups in total. The summed E-state index contributed by atoms with van der Waals surface area (Å²) in [7, 11) is 1.31. The van der Waals surface area contributed by atoms with E-state index in [1.165, 1.54) is 20.1 Å². The fourth-order valence-corrected chi connectivity index (χ4v) is 1.07. The van der Waals surface area contributed by atoms with Crippen molar-refractivity contribution in [2.45, 2.75) is 6.92 Å². The SMILES string of the molecule is [C-]#[N+]c1cc(OC)c(F)cc1C(C)=O. The zero-order chi connectivity index (χ0) is 10.7. The van der Waals surface area contributed by atoms with Gasteiger partial charge in [0.1, 0.15) is 11.5 Å². The fourth-order valence-electron chi connectivity index (χ4n) is 1.07. The number of nitrogens with zero attached hydrogens (tertiary/aromatic N) is 1. The lowest BCUT2D eigenvalue weighted by molar-refractivity contribution is 0.101. The first-order chi connectivity index (χ1) is 6.60. The molecule has 1 rings (SSSR count). The molecule has 0 aromatic heterocycles. The van der Waals surface area contributed by atoms with Crippen LogP contribution >= 0.6 is 0 Å². The van der Waals surface area contributed by atoms with Crippen molar-refractivity contribution in [1.82, 2.24) is 0 Å². The molecule has 4 heteroatoms. The van der Waals surface area contributed by atoms with Gasteiger partial charge in [-0.1, -0.05) is 0 Å². The number of carbonyl (C=O) groups excluding carboxylic acids is 1. The Morgan fingerprint density at radius 1 is 1.57 bits per heavy atom. The molecular weight excluding hydrogens is 185 g/mol. The van der Waals surface area contributed by atoms with E-state index in [0.717, 1.165) is 6.07 Å². The minimum Gasteiger partial charge on any atom is -0.495 e. The molecule has 0 saturated carbocycles. The summed E-state index contributed by atoms with van der Waals surface area (Å²) in [6, 6.07) is 2.24. The summed E-state index contributed by atoms with van der Waals surface area (Å²) in [4.78, 5) is 14.2. The number of rotatable bonds is 2.